The fraction of sp³-hybridized carbons (Fsp3) is 0.611. The lowest BCUT2D eigenvalue weighted by Gasteiger charge is -2.40. The molecule has 2 heterocycles. The standard InChI is InChI=1S/C36H54N4O9S/c1-25(2)49-34(42)38-18-10-9-17-36(3,4)24-39(50(45,46)28-15-11-14-27(21-28)37-5)22-32(41)30(20-26-12-7-6-8-13-26)40(35(43)44)31-23-48-33-29(31)16-19-47-33/h6-8,11-15,21,25,29-33,37,41H,9-10,16-20,22-24H2,1-5H3,(H,38,42)(H,43,44)/t29-,30-,31-,32+,33+/m0/s1. The molecule has 2 aliphatic rings. The van der Waals surface area contributed by atoms with Gasteiger partial charge < -0.3 is 35.1 Å². The number of aliphatic hydroxyl groups excluding tert-OH is 1. The van der Waals surface area contributed by atoms with Crippen molar-refractivity contribution in [2.75, 3.05) is 45.2 Å². The van der Waals surface area contributed by atoms with Crippen molar-refractivity contribution in [2.24, 2.45) is 11.3 Å². The number of nitrogens with zero attached hydrogens (tertiary/aromatic N) is 2. The van der Waals surface area contributed by atoms with Gasteiger partial charge >= 0.3 is 12.2 Å². The first kappa shape index (κ1) is 39.4. The Kier molecular flexibility index (Phi) is 13.9. The molecule has 0 aliphatic carbocycles. The fourth-order valence-electron chi connectivity index (χ4n) is 6.80. The van der Waals surface area contributed by atoms with Crippen molar-refractivity contribution < 1.29 is 42.4 Å². The number of sulfonamides is 1. The molecular formula is C36H54N4O9S. The van der Waals surface area contributed by atoms with Crippen LogP contribution in [0.4, 0.5) is 15.3 Å². The number of carbonyl (C=O) groups excluding carboxylic acids is 1. The molecule has 0 bridgehead atoms. The Balaban J connectivity index is 1.61. The van der Waals surface area contributed by atoms with Crippen molar-refractivity contribution in [1.29, 1.82) is 0 Å². The number of hydrogen-bond donors (Lipinski definition) is 4. The van der Waals surface area contributed by atoms with Gasteiger partial charge in [0.15, 0.2) is 6.29 Å². The van der Waals surface area contributed by atoms with Crippen LogP contribution in [0.25, 0.3) is 0 Å². The third kappa shape index (κ3) is 10.5. The molecule has 0 aromatic heterocycles. The van der Waals surface area contributed by atoms with Gasteiger partial charge in [0.05, 0.1) is 42.4 Å². The minimum Gasteiger partial charge on any atom is -0.465 e. The number of unbranched alkanes of at least 4 members (excludes halogenated alkanes) is 1. The SMILES string of the molecule is CNc1cccc(S(=O)(=O)N(C[C@@H](O)[C@H](Cc2ccccc2)N(C(=O)O)[C@H]2CO[C@H]3OCC[C@H]32)CC(C)(C)CCCCNC(=O)OC(C)C)c1. The van der Waals surface area contributed by atoms with E-state index in [1.165, 1.54) is 15.3 Å². The molecule has 0 saturated carbocycles. The molecule has 50 heavy (non-hydrogen) atoms. The molecule has 2 aliphatic heterocycles. The highest BCUT2D eigenvalue weighted by molar-refractivity contribution is 7.89. The van der Waals surface area contributed by atoms with Gasteiger partial charge in [-0.25, -0.2) is 18.0 Å². The van der Waals surface area contributed by atoms with Crippen LogP contribution in [0.1, 0.15) is 58.9 Å². The molecule has 13 nitrogen and oxygen atoms in total. The number of carbonyl (C=O) groups is 2. The Bertz CT molecular complexity index is 1510. The third-order valence-corrected chi connectivity index (χ3v) is 11.1. The summed E-state index contributed by atoms with van der Waals surface area (Å²) >= 11 is 0. The third-order valence-electron chi connectivity index (χ3n) is 9.32. The molecule has 14 heteroatoms. The maximum absolute atomic E-state index is 14.4. The highest BCUT2D eigenvalue weighted by Crippen LogP contribution is 2.36. The average molecular weight is 719 g/mol. The second-order valence-corrected chi connectivity index (χ2v) is 16.1. The second-order valence-electron chi connectivity index (χ2n) is 14.2. The lowest BCUT2D eigenvalue weighted by atomic mass is 9.87. The number of fused-ring (bicyclic) bond motifs is 1. The maximum Gasteiger partial charge on any atom is 0.407 e. The first-order valence-electron chi connectivity index (χ1n) is 17.4. The Labute approximate surface area is 296 Å². The first-order chi connectivity index (χ1) is 23.7. The van der Waals surface area contributed by atoms with E-state index in [9.17, 15) is 28.2 Å². The van der Waals surface area contributed by atoms with Crippen LogP contribution in [0.15, 0.2) is 59.5 Å². The fourth-order valence-corrected chi connectivity index (χ4v) is 8.50. The molecule has 2 amide bonds. The van der Waals surface area contributed by atoms with Gasteiger partial charge in [0.25, 0.3) is 0 Å². The van der Waals surface area contributed by atoms with Crippen molar-refractivity contribution in [2.45, 2.75) is 95.3 Å². The molecule has 4 rings (SSSR count). The number of hydrogen-bond acceptors (Lipinski definition) is 9. The second kappa shape index (κ2) is 17.7. The summed E-state index contributed by atoms with van der Waals surface area (Å²) in [6, 6.07) is 14.2. The van der Waals surface area contributed by atoms with E-state index in [1.807, 2.05) is 44.2 Å². The highest BCUT2D eigenvalue weighted by atomic mass is 32.2. The average Bonchev–Trinajstić information content (AvgIpc) is 3.69. The van der Waals surface area contributed by atoms with Crippen molar-refractivity contribution in [3.63, 3.8) is 0 Å². The number of nitrogens with one attached hydrogen (secondary N) is 2. The number of carboxylic acid groups (broad SMARTS) is 1. The lowest BCUT2D eigenvalue weighted by molar-refractivity contribution is -0.0906. The Morgan fingerprint density at radius 3 is 2.50 bits per heavy atom. The van der Waals surface area contributed by atoms with Gasteiger partial charge in [-0.1, -0.05) is 56.7 Å². The molecule has 278 valence electrons. The summed E-state index contributed by atoms with van der Waals surface area (Å²) in [6.07, 6.45) is -1.02. The predicted molar refractivity (Wildman–Crippen MR) is 189 cm³/mol. The van der Waals surface area contributed by atoms with Gasteiger partial charge in [-0.3, -0.25) is 4.90 Å². The van der Waals surface area contributed by atoms with Gasteiger partial charge in [-0.2, -0.15) is 4.31 Å². The molecule has 2 aromatic carbocycles. The van der Waals surface area contributed by atoms with Gasteiger partial charge in [0.2, 0.25) is 10.0 Å². The highest BCUT2D eigenvalue weighted by Gasteiger charge is 2.49. The number of benzene rings is 2. The van der Waals surface area contributed by atoms with Crippen LogP contribution >= 0.6 is 0 Å². The van der Waals surface area contributed by atoms with Crippen molar-refractivity contribution in [3.8, 4) is 0 Å². The summed E-state index contributed by atoms with van der Waals surface area (Å²) in [5.41, 5.74) is 0.882. The van der Waals surface area contributed by atoms with Crippen LogP contribution in [-0.4, -0.2) is 110 Å². The van der Waals surface area contributed by atoms with E-state index in [0.29, 0.717) is 44.5 Å². The summed E-state index contributed by atoms with van der Waals surface area (Å²) in [7, 11) is -2.45. The first-order valence-corrected chi connectivity index (χ1v) is 18.8. The van der Waals surface area contributed by atoms with Crippen LogP contribution in [0.3, 0.4) is 0 Å². The summed E-state index contributed by atoms with van der Waals surface area (Å²) in [5.74, 6) is -0.193. The van der Waals surface area contributed by atoms with E-state index >= 15 is 0 Å². The Morgan fingerprint density at radius 2 is 1.82 bits per heavy atom. The summed E-state index contributed by atoms with van der Waals surface area (Å²) in [5, 5.41) is 28.4. The quantitative estimate of drug-likeness (QED) is 0.158. The smallest absolute Gasteiger partial charge is 0.407 e. The van der Waals surface area contributed by atoms with E-state index < -0.39 is 52.1 Å². The zero-order valence-corrected chi connectivity index (χ0v) is 30.6. The Morgan fingerprint density at radius 1 is 1.08 bits per heavy atom. The predicted octanol–water partition coefficient (Wildman–Crippen LogP) is 4.76. The Hall–Kier alpha value is -3.43. The monoisotopic (exact) mass is 718 g/mol. The normalized spacial score (nSPS) is 20.4. The van der Waals surface area contributed by atoms with Gasteiger partial charge in [0, 0.05) is 38.3 Å². The zero-order valence-electron chi connectivity index (χ0n) is 29.8. The number of ether oxygens (including phenoxy) is 3. The number of alkyl carbamates (subject to hydrolysis) is 1. The maximum atomic E-state index is 14.4. The molecular weight excluding hydrogens is 664 g/mol. The minimum atomic E-state index is -4.16. The van der Waals surface area contributed by atoms with E-state index in [1.54, 1.807) is 39.1 Å². The molecule has 2 aromatic rings. The van der Waals surface area contributed by atoms with Gasteiger partial charge in [0.1, 0.15) is 0 Å². The minimum absolute atomic E-state index is 0.0602. The van der Waals surface area contributed by atoms with Crippen molar-refractivity contribution in [3.05, 3.63) is 60.2 Å². The summed E-state index contributed by atoms with van der Waals surface area (Å²) in [4.78, 5) is 26.2. The number of aliphatic hydroxyl groups is 1. The van der Waals surface area contributed by atoms with Crippen LogP contribution < -0.4 is 10.6 Å². The molecule has 2 fully saturated rings. The summed E-state index contributed by atoms with van der Waals surface area (Å²) < 4.78 is 46.7. The van der Waals surface area contributed by atoms with Crippen LogP contribution in [0, 0.1) is 11.3 Å². The largest absolute Gasteiger partial charge is 0.465 e. The molecule has 5 atom stereocenters. The number of amides is 2. The summed E-state index contributed by atoms with van der Waals surface area (Å²) in [6.45, 7) is 8.21. The van der Waals surface area contributed by atoms with Crippen LogP contribution in [0.2, 0.25) is 0 Å². The van der Waals surface area contributed by atoms with Crippen LogP contribution in [0.5, 0.6) is 0 Å². The topological polar surface area (TPSA) is 167 Å². The van der Waals surface area contributed by atoms with Crippen LogP contribution in [-0.2, 0) is 30.7 Å². The van der Waals surface area contributed by atoms with E-state index in [2.05, 4.69) is 10.6 Å². The zero-order chi connectivity index (χ0) is 36.5. The number of rotatable bonds is 18. The van der Waals surface area contributed by atoms with Gasteiger partial charge in [-0.15, -0.1) is 0 Å². The van der Waals surface area contributed by atoms with Crippen molar-refractivity contribution in [1.82, 2.24) is 14.5 Å². The molecule has 0 unspecified atom stereocenters. The van der Waals surface area contributed by atoms with E-state index in [-0.39, 0.29) is 43.0 Å². The molecule has 4 N–H and O–H groups in total. The van der Waals surface area contributed by atoms with E-state index in [0.717, 1.165) is 5.56 Å². The number of anilines is 1. The molecule has 0 spiro atoms. The molecule has 0 radical (unpaired) electrons. The van der Waals surface area contributed by atoms with Gasteiger partial charge in [-0.05, 0) is 68.7 Å². The lowest BCUT2D eigenvalue weighted by Crippen LogP contribution is -2.58. The van der Waals surface area contributed by atoms with Crippen molar-refractivity contribution >= 4 is 27.9 Å². The molecule has 2 saturated heterocycles. The van der Waals surface area contributed by atoms with E-state index in [4.69, 9.17) is 14.2 Å².